The van der Waals surface area contributed by atoms with Crippen molar-refractivity contribution in [2.75, 3.05) is 7.11 Å². The molecule has 104 valence electrons. The standard InChI is InChI=1S/C13H20BNO4/c1-12(2)13(3,4)19-14(18-12)10-7-6-9(8-16)11(15-10)17-5/h6-7,16H,8H2,1-5H3. The summed E-state index contributed by atoms with van der Waals surface area (Å²) in [7, 11) is 1.00. The summed E-state index contributed by atoms with van der Waals surface area (Å²) in [5.74, 6) is 0.398. The topological polar surface area (TPSA) is 60.8 Å². The number of nitrogens with zero attached hydrogens (tertiary/aromatic N) is 1. The highest BCUT2D eigenvalue weighted by atomic mass is 16.7. The summed E-state index contributed by atoms with van der Waals surface area (Å²) in [6, 6.07) is 3.56. The molecule has 1 N–H and O–H groups in total. The summed E-state index contributed by atoms with van der Waals surface area (Å²) in [5.41, 5.74) is 0.486. The van der Waals surface area contributed by atoms with Crippen LogP contribution in [0.25, 0.3) is 0 Å². The highest BCUT2D eigenvalue weighted by Gasteiger charge is 2.52. The van der Waals surface area contributed by atoms with Gasteiger partial charge in [0.05, 0.1) is 30.5 Å². The van der Waals surface area contributed by atoms with E-state index in [1.807, 2.05) is 27.7 Å². The van der Waals surface area contributed by atoms with E-state index < -0.39 is 18.3 Å². The first-order chi connectivity index (χ1) is 8.80. The van der Waals surface area contributed by atoms with Gasteiger partial charge in [-0.1, -0.05) is 6.07 Å². The van der Waals surface area contributed by atoms with Gasteiger partial charge in [-0.15, -0.1) is 0 Å². The molecular weight excluding hydrogens is 245 g/mol. The van der Waals surface area contributed by atoms with Gasteiger partial charge in [0.25, 0.3) is 0 Å². The Labute approximate surface area is 114 Å². The van der Waals surface area contributed by atoms with Gasteiger partial charge < -0.3 is 19.2 Å². The monoisotopic (exact) mass is 265 g/mol. The van der Waals surface area contributed by atoms with Crippen molar-refractivity contribution in [1.29, 1.82) is 0 Å². The van der Waals surface area contributed by atoms with Gasteiger partial charge in [0.1, 0.15) is 0 Å². The average Bonchev–Trinajstić information content (AvgIpc) is 2.57. The van der Waals surface area contributed by atoms with E-state index >= 15 is 0 Å². The van der Waals surface area contributed by atoms with Crippen molar-refractivity contribution >= 4 is 12.7 Å². The second kappa shape index (κ2) is 4.78. The summed E-state index contributed by atoms with van der Waals surface area (Å²) < 4.78 is 17.0. The van der Waals surface area contributed by atoms with E-state index in [2.05, 4.69) is 4.98 Å². The Bertz CT molecular complexity index is 460. The zero-order chi connectivity index (χ0) is 14.3. The van der Waals surface area contributed by atoms with Crippen LogP contribution in [-0.4, -0.2) is 35.5 Å². The highest BCUT2D eigenvalue weighted by molar-refractivity contribution is 6.61. The van der Waals surface area contributed by atoms with Crippen molar-refractivity contribution in [2.45, 2.75) is 45.5 Å². The summed E-state index contributed by atoms with van der Waals surface area (Å²) >= 11 is 0. The lowest BCUT2D eigenvalue weighted by molar-refractivity contribution is 0.00578. The quantitative estimate of drug-likeness (QED) is 0.822. The van der Waals surface area contributed by atoms with Crippen LogP contribution in [0.3, 0.4) is 0 Å². The molecule has 2 rings (SSSR count). The number of hydrogen-bond acceptors (Lipinski definition) is 5. The molecule has 0 bridgehead atoms. The lowest BCUT2D eigenvalue weighted by Crippen LogP contribution is -2.41. The van der Waals surface area contributed by atoms with E-state index in [0.717, 1.165) is 0 Å². The lowest BCUT2D eigenvalue weighted by atomic mass is 9.84. The maximum absolute atomic E-state index is 9.19. The third-order valence-electron chi connectivity index (χ3n) is 3.82. The number of aliphatic hydroxyl groups is 1. The second-order valence-corrected chi connectivity index (χ2v) is 5.65. The van der Waals surface area contributed by atoms with Gasteiger partial charge in [0.2, 0.25) is 5.88 Å². The molecule has 0 saturated carbocycles. The summed E-state index contributed by atoms with van der Waals surface area (Å²) in [6.07, 6.45) is 0. The van der Waals surface area contributed by atoms with Crippen molar-refractivity contribution in [3.8, 4) is 5.88 Å². The molecule has 1 aromatic heterocycles. The molecule has 6 heteroatoms. The molecule has 0 aromatic carbocycles. The fourth-order valence-corrected chi connectivity index (χ4v) is 1.88. The van der Waals surface area contributed by atoms with E-state index in [4.69, 9.17) is 14.0 Å². The van der Waals surface area contributed by atoms with Crippen LogP contribution in [0.15, 0.2) is 12.1 Å². The second-order valence-electron chi connectivity index (χ2n) is 5.65. The number of hydrogen-bond donors (Lipinski definition) is 1. The van der Waals surface area contributed by atoms with Gasteiger partial charge in [-0.2, -0.15) is 0 Å². The molecule has 0 atom stereocenters. The first-order valence-electron chi connectivity index (χ1n) is 6.31. The van der Waals surface area contributed by atoms with Crippen molar-refractivity contribution in [3.05, 3.63) is 17.7 Å². The Morgan fingerprint density at radius 2 is 1.79 bits per heavy atom. The van der Waals surface area contributed by atoms with Crippen LogP contribution in [0, 0.1) is 0 Å². The first-order valence-corrected chi connectivity index (χ1v) is 6.31. The Hall–Kier alpha value is -1.11. The predicted molar refractivity (Wildman–Crippen MR) is 72.4 cm³/mol. The lowest BCUT2D eigenvalue weighted by Gasteiger charge is -2.32. The van der Waals surface area contributed by atoms with E-state index in [1.54, 1.807) is 12.1 Å². The first kappa shape index (κ1) is 14.3. The molecule has 0 amide bonds. The molecule has 1 fully saturated rings. The molecule has 1 aliphatic heterocycles. The van der Waals surface area contributed by atoms with Crippen molar-refractivity contribution in [2.24, 2.45) is 0 Å². The van der Waals surface area contributed by atoms with Gasteiger partial charge in [-0.3, -0.25) is 0 Å². The minimum absolute atomic E-state index is 0.111. The van der Waals surface area contributed by atoms with Gasteiger partial charge in [0.15, 0.2) is 0 Å². The number of methoxy groups -OCH3 is 1. The zero-order valence-corrected chi connectivity index (χ0v) is 12.1. The van der Waals surface area contributed by atoms with Gasteiger partial charge in [-0.05, 0) is 33.8 Å². The number of aliphatic hydroxyl groups excluding tert-OH is 1. The Morgan fingerprint density at radius 1 is 1.21 bits per heavy atom. The van der Waals surface area contributed by atoms with Gasteiger partial charge in [0, 0.05) is 5.56 Å². The van der Waals surface area contributed by atoms with Crippen LogP contribution < -0.4 is 10.3 Å². The van der Waals surface area contributed by atoms with Gasteiger partial charge >= 0.3 is 7.12 Å². The fraction of sp³-hybridized carbons (Fsp3) is 0.615. The van der Waals surface area contributed by atoms with Crippen LogP contribution in [0.1, 0.15) is 33.3 Å². The summed E-state index contributed by atoms with van der Waals surface area (Å²) in [6.45, 7) is 7.86. The largest absolute Gasteiger partial charge is 0.514 e. The Kier molecular flexibility index (Phi) is 3.60. The number of rotatable bonds is 3. The Balaban J connectivity index is 2.30. The molecule has 1 saturated heterocycles. The molecule has 2 heterocycles. The molecular formula is C13H20BNO4. The maximum atomic E-state index is 9.19. The SMILES string of the molecule is COc1nc(B2OC(C)(C)C(C)(C)O2)ccc1CO. The average molecular weight is 265 g/mol. The minimum Gasteiger partial charge on any atom is -0.481 e. The van der Waals surface area contributed by atoms with Crippen molar-refractivity contribution < 1.29 is 19.2 Å². The van der Waals surface area contributed by atoms with Crippen LogP contribution >= 0.6 is 0 Å². The number of ether oxygens (including phenoxy) is 1. The Morgan fingerprint density at radius 3 is 2.26 bits per heavy atom. The normalized spacial score (nSPS) is 20.6. The van der Waals surface area contributed by atoms with E-state index in [0.29, 0.717) is 17.0 Å². The van der Waals surface area contributed by atoms with Crippen LogP contribution in [0.2, 0.25) is 0 Å². The van der Waals surface area contributed by atoms with E-state index in [-0.39, 0.29) is 6.61 Å². The molecule has 1 aromatic rings. The van der Waals surface area contributed by atoms with Crippen LogP contribution in [0.5, 0.6) is 5.88 Å². The number of aromatic nitrogens is 1. The maximum Gasteiger partial charge on any atom is 0.514 e. The smallest absolute Gasteiger partial charge is 0.481 e. The molecule has 1 aliphatic rings. The van der Waals surface area contributed by atoms with Crippen molar-refractivity contribution in [1.82, 2.24) is 4.98 Å². The number of pyridine rings is 1. The third-order valence-corrected chi connectivity index (χ3v) is 3.82. The van der Waals surface area contributed by atoms with Gasteiger partial charge in [-0.25, -0.2) is 4.98 Å². The summed E-state index contributed by atoms with van der Waals surface area (Å²) in [5, 5.41) is 9.19. The molecule has 5 nitrogen and oxygen atoms in total. The van der Waals surface area contributed by atoms with E-state index in [1.165, 1.54) is 7.11 Å². The van der Waals surface area contributed by atoms with Crippen molar-refractivity contribution in [3.63, 3.8) is 0 Å². The zero-order valence-electron chi connectivity index (χ0n) is 12.1. The molecule has 19 heavy (non-hydrogen) atoms. The van der Waals surface area contributed by atoms with E-state index in [9.17, 15) is 5.11 Å². The third kappa shape index (κ3) is 2.48. The molecule has 0 spiro atoms. The molecule has 0 radical (unpaired) electrons. The predicted octanol–water partition coefficient (Wildman–Crippen LogP) is 0.882. The van der Waals surface area contributed by atoms with Crippen LogP contribution in [-0.2, 0) is 15.9 Å². The fourth-order valence-electron chi connectivity index (χ4n) is 1.88. The molecule has 0 aliphatic carbocycles. The molecule has 0 unspecified atom stereocenters. The highest BCUT2D eigenvalue weighted by Crippen LogP contribution is 2.36. The van der Waals surface area contributed by atoms with Crippen LogP contribution in [0.4, 0.5) is 0 Å². The minimum atomic E-state index is -0.522. The summed E-state index contributed by atoms with van der Waals surface area (Å²) in [4.78, 5) is 4.34.